The molecule has 3 N–H and O–H groups in total. The Morgan fingerprint density at radius 3 is 2.56 bits per heavy atom. The summed E-state index contributed by atoms with van der Waals surface area (Å²) in [5.41, 5.74) is 1.57. The van der Waals surface area contributed by atoms with Gasteiger partial charge >= 0.3 is 0 Å². The molecule has 0 bridgehead atoms. The number of hydrogen-bond acceptors (Lipinski definition) is 6. The van der Waals surface area contributed by atoms with E-state index in [0.29, 0.717) is 17.7 Å². The third-order valence-corrected chi connectivity index (χ3v) is 8.30. The fraction of sp³-hybridized carbons (Fsp3) is 0.609. The number of fused-ring (bicyclic) bond motifs is 3. The molecule has 1 saturated heterocycles. The maximum atomic E-state index is 13.5. The van der Waals surface area contributed by atoms with Gasteiger partial charge in [0.2, 0.25) is 11.8 Å². The zero-order valence-electron chi connectivity index (χ0n) is 19.3. The minimum atomic E-state index is -0.734. The van der Waals surface area contributed by atoms with Crippen molar-refractivity contribution in [1.29, 1.82) is 0 Å². The average molecular weight is 480 g/mol. The molecule has 0 aromatic heterocycles. The van der Waals surface area contributed by atoms with Crippen LogP contribution in [-0.2, 0) is 9.59 Å². The van der Waals surface area contributed by atoms with Crippen LogP contribution in [0.25, 0.3) is 0 Å². The van der Waals surface area contributed by atoms with Gasteiger partial charge in [0.15, 0.2) is 0 Å². The molecule has 0 saturated carbocycles. The van der Waals surface area contributed by atoms with Gasteiger partial charge in [-0.1, -0.05) is 32.0 Å². The monoisotopic (exact) mass is 479 g/mol. The van der Waals surface area contributed by atoms with Crippen molar-refractivity contribution in [2.24, 2.45) is 5.92 Å². The maximum absolute atomic E-state index is 13.5. The molecule has 1 fully saturated rings. The SMILES string of the molecule is CSCC[C@H](NC(=O)[C@H]1N2C(=O)c3ccccc3[C@@H]2SC1(C)C)C(=O)N[C@H](CO)C(C)C. The molecule has 176 valence electrons. The van der Waals surface area contributed by atoms with Crippen molar-refractivity contribution in [3.8, 4) is 0 Å². The van der Waals surface area contributed by atoms with Gasteiger partial charge in [0.25, 0.3) is 5.91 Å². The van der Waals surface area contributed by atoms with Crippen LogP contribution in [0.3, 0.4) is 0 Å². The highest BCUT2D eigenvalue weighted by molar-refractivity contribution is 8.01. The van der Waals surface area contributed by atoms with Gasteiger partial charge in [-0.05, 0) is 49.8 Å². The van der Waals surface area contributed by atoms with Crippen LogP contribution < -0.4 is 10.6 Å². The number of carbonyl (C=O) groups is 3. The first-order chi connectivity index (χ1) is 15.1. The van der Waals surface area contributed by atoms with Crippen LogP contribution in [0.1, 0.15) is 55.4 Å². The van der Waals surface area contributed by atoms with Crippen LogP contribution in [-0.4, -0.2) is 69.2 Å². The molecule has 3 amide bonds. The molecule has 4 atom stereocenters. The van der Waals surface area contributed by atoms with Crippen LogP contribution in [0.4, 0.5) is 0 Å². The molecule has 9 heteroatoms. The van der Waals surface area contributed by atoms with Gasteiger partial charge < -0.3 is 20.6 Å². The lowest BCUT2D eigenvalue weighted by Crippen LogP contribution is -2.58. The van der Waals surface area contributed by atoms with E-state index in [1.54, 1.807) is 34.5 Å². The Bertz CT molecular complexity index is 877. The summed E-state index contributed by atoms with van der Waals surface area (Å²) in [5.74, 6) is -0.0149. The van der Waals surface area contributed by atoms with Gasteiger partial charge in [0.1, 0.15) is 17.5 Å². The Morgan fingerprint density at radius 2 is 1.94 bits per heavy atom. The number of aliphatic hydroxyl groups excluding tert-OH is 1. The number of thioether (sulfide) groups is 2. The van der Waals surface area contributed by atoms with E-state index in [-0.39, 0.29) is 41.7 Å². The summed E-state index contributed by atoms with van der Waals surface area (Å²) in [7, 11) is 0. The van der Waals surface area contributed by atoms with Crippen molar-refractivity contribution < 1.29 is 19.5 Å². The molecule has 32 heavy (non-hydrogen) atoms. The maximum Gasteiger partial charge on any atom is 0.256 e. The van der Waals surface area contributed by atoms with Crippen molar-refractivity contribution >= 4 is 41.2 Å². The zero-order valence-corrected chi connectivity index (χ0v) is 20.9. The number of carbonyl (C=O) groups excluding carboxylic acids is 3. The standard InChI is InChI=1S/C23H33N3O4S2/c1-13(2)17(12-27)25-19(28)16(10-11-31-5)24-20(29)18-23(3,4)32-22-15-9-7-6-8-14(15)21(30)26(18)22/h6-9,13,16-18,22,27H,10-12H2,1-5H3,(H,24,29)(H,25,28)/t16-,17+,18+,22-/m0/s1. The van der Waals surface area contributed by atoms with Crippen molar-refractivity contribution in [3.05, 3.63) is 35.4 Å². The minimum absolute atomic E-state index is 0.0625. The fourth-order valence-electron chi connectivity index (χ4n) is 4.27. The number of amides is 3. The second-order valence-electron chi connectivity index (χ2n) is 9.16. The predicted molar refractivity (Wildman–Crippen MR) is 130 cm³/mol. The predicted octanol–water partition coefficient (Wildman–Crippen LogP) is 2.41. The van der Waals surface area contributed by atoms with E-state index in [0.717, 1.165) is 5.56 Å². The number of aliphatic hydroxyl groups is 1. The molecule has 0 spiro atoms. The number of nitrogens with one attached hydrogen (secondary N) is 2. The highest BCUT2D eigenvalue weighted by Crippen LogP contribution is 2.56. The third kappa shape index (κ3) is 4.79. The van der Waals surface area contributed by atoms with E-state index >= 15 is 0 Å². The van der Waals surface area contributed by atoms with Gasteiger partial charge in [0, 0.05) is 10.3 Å². The van der Waals surface area contributed by atoms with Gasteiger partial charge in [-0.25, -0.2) is 0 Å². The van der Waals surface area contributed by atoms with Crippen LogP contribution >= 0.6 is 23.5 Å². The van der Waals surface area contributed by atoms with Crippen LogP contribution in [0, 0.1) is 5.92 Å². The second kappa shape index (κ2) is 10.1. The van der Waals surface area contributed by atoms with Crippen molar-refractivity contribution in [3.63, 3.8) is 0 Å². The van der Waals surface area contributed by atoms with Crippen LogP contribution in [0.15, 0.2) is 24.3 Å². The highest BCUT2D eigenvalue weighted by Gasteiger charge is 2.57. The normalized spacial score (nSPS) is 23.0. The Balaban J connectivity index is 1.81. The van der Waals surface area contributed by atoms with Gasteiger partial charge in [-0.3, -0.25) is 14.4 Å². The Kier molecular flexibility index (Phi) is 7.83. The lowest BCUT2D eigenvalue weighted by atomic mass is 9.99. The topological polar surface area (TPSA) is 98.7 Å². The molecule has 0 unspecified atom stereocenters. The number of rotatable bonds is 9. The quantitative estimate of drug-likeness (QED) is 0.503. The molecule has 2 aliphatic rings. The first-order valence-corrected chi connectivity index (χ1v) is 13.2. The van der Waals surface area contributed by atoms with E-state index in [2.05, 4.69) is 10.6 Å². The smallest absolute Gasteiger partial charge is 0.256 e. The van der Waals surface area contributed by atoms with E-state index in [1.807, 2.05) is 52.1 Å². The fourth-order valence-corrected chi connectivity index (χ4v) is 6.33. The molecule has 7 nitrogen and oxygen atoms in total. The van der Waals surface area contributed by atoms with E-state index in [9.17, 15) is 19.5 Å². The molecule has 2 aliphatic heterocycles. The number of benzene rings is 1. The molecular formula is C23H33N3O4S2. The van der Waals surface area contributed by atoms with Gasteiger partial charge in [-0.15, -0.1) is 11.8 Å². The molecule has 2 heterocycles. The summed E-state index contributed by atoms with van der Waals surface area (Å²) in [5, 5.41) is 15.2. The summed E-state index contributed by atoms with van der Waals surface area (Å²) in [6.45, 7) is 7.61. The summed E-state index contributed by atoms with van der Waals surface area (Å²) in [6, 6.07) is 5.67. The summed E-state index contributed by atoms with van der Waals surface area (Å²) in [4.78, 5) is 41.3. The van der Waals surface area contributed by atoms with Crippen LogP contribution in [0.5, 0.6) is 0 Å². The molecule has 0 radical (unpaired) electrons. The molecule has 3 rings (SSSR count). The lowest BCUT2D eigenvalue weighted by molar-refractivity contribution is -0.132. The lowest BCUT2D eigenvalue weighted by Gasteiger charge is -2.31. The molecule has 1 aromatic carbocycles. The number of hydrogen-bond donors (Lipinski definition) is 3. The highest BCUT2D eigenvalue weighted by atomic mass is 32.2. The molecule has 1 aromatic rings. The minimum Gasteiger partial charge on any atom is -0.394 e. The molecular weight excluding hydrogens is 446 g/mol. The zero-order chi connectivity index (χ0) is 23.6. The molecule has 0 aliphatic carbocycles. The largest absolute Gasteiger partial charge is 0.394 e. The average Bonchev–Trinajstić information content (AvgIpc) is 3.18. The van der Waals surface area contributed by atoms with E-state index in [4.69, 9.17) is 0 Å². The van der Waals surface area contributed by atoms with Crippen molar-refractivity contribution in [1.82, 2.24) is 15.5 Å². The van der Waals surface area contributed by atoms with Gasteiger partial charge in [0.05, 0.1) is 12.6 Å². The van der Waals surface area contributed by atoms with E-state index < -0.39 is 16.8 Å². The summed E-state index contributed by atoms with van der Waals surface area (Å²) < 4.78 is -0.510. The Morgan fingerprint density at radius 1 is 1.25 bits per heavy atom. The first kappa shape index (κ1) is 24.9. The van der Waals surface area contributed by atoms with Crippen molar-refractivity contribution in [2.45, 2.75) is 62.4 Å². The van der Waals surface area contributed by atoms with E-state index in [1.165, 1.54) is 0 Å². The Hall–Kier alpha value is -1.71. The third-order valence-electron chi connectivity index (χ3n) is 6.12. The first-order valence-electron chi connectivity index (χ1n) is 10.9. The summed E-state index contributed by atoms with van der Waals surface area (Å²) >= 11 is 3.19. The second-order valence-corrected chi connectivity index (χ2v) is 11.9. The summed E-state index contributed by atoms with van der Waals surface area (Å²) in [6.07, 6.45) is 2.41. The van der Waals surface area contributed by atoms with Crippen LogP contribution in [0.2, 0.25) is 0 Å². The van der Waals surface area contributed by atoms with Gasteiger partial charge in [-0.2, -0.15) is 11.8 Å². The Labute approximate surface area is 198 Å². The number of nitrogens with zero attached hydrogens (tertiary/aromatic N) is 1. The van der Waals surface area contributed by atoms with Crippen molar-refractivity contribution in [2.75, 3.05) is 18.6 Å².